The Kier molecular flexibility index (Phi) is 6.37. The second-order valence-corrected chi connectivity index (χ2v) is 10.0. The number of amides is 1. The smallest absolute Gasteiger partial charge is 0.260 e. The molecule has 3 aromatic rings. The van der Waals surface area contributed by atoms with Gasteiger partial charge in [0.2, 0.25) is 0 Å². The van der Waals surface area contributed by atoms with Crippen LogP contribution in [0.15, 0.2) is 77.7 Å². The van der Waals surface area contributed by atoms with Gasteiger partial charge < -0.3 is 9.64 Å². The van der Waals surface area contributed by atoms with Gasteiger partial charge in [-0.1, -0.05) is 24.3 Å². The van der Waals surface area contributed by atoms with Gasteiger partial charge in [0.1, 0.15) is 16.9 Å². The number of fused-ring (bicyclic) bond motifs is 1. The first-order valence-electron chi connectivity index (χ1n) is 10.4. The predicted molar refractivity (Wildman–Crippen MR) is 124 cm³/mol. The molecule has 0 saturated carbocycles. The van der Waals surface area contributed by atoms with E-state index in [1.807, 2.05) is 43.3 Å². The summed E-state index contributed by atoms with van der Waals surface area (Å²) in [6.07, 6.45) is 0.272. The third-order valence-corrected chi connectivity index (χ3v) is 7.53. The summed E-state index contributed by atoms with van der Waals surface area (Å²) in [5.41, 5.74) is 3.96. The van der Waals surface area contributed by atoms with Crippen LogP contribution < -0.4 is 20.4 Å². The van der Waals surface area contributed by atoms with Gasteiger partial charge in [-0.15, -0.1) is 0 Å². The van der Waals surface area contributed by atoms with Gasteiger partial charge in [-0.05, 0) is 66.1 Å². The highest BCUT2D eigenvalue weighted by Crippen LogP contribution is 2.34. The van der Waals surface area contributed by atoms with Crippen LogP contribution in [0, 0.1) is 0 Å². The number of sulfone groups is 1. The second kappa shape index (κ2) is 9.22. The fourth-order valence-corrected chi connectivity index (χ4v) is 5.51. The third kappa shape index (κ3) is 4.70. The lowest BCUT2D eigenvalue weighted by Crippen LogP contribution is -2.50. The van der Waals surface area contributed by atoms with E-state index < -0.39 is 27.2 Å². The lowest BCUT2D eigenvalue weighted by Gasteiger charge is -2.31. The Morgan fingerprint density at radius 3 is 2.21 bits per heavy atom. The average Bonchev–Trinajstić information content (AvgIpc) is 2.83. The molecule has 4 rings (SSSR count). The number of rotatable bonds is 6. The van der Waals surface area contributed by atoms with E-state index in [9.17, 15) is 13.2 Å². The number of ether oxygens (including phenoxy) is 1. The highest BCUT2D eigenvalue weighted by Gasteiger charge is 2.38. The van der Waals surface area contributed by atoms with Crippen molar-refractivity contribution in [1.29, 1.82) is 0 Å². The summed E-state index contributed by atoms with van der Waals surface area (Å²) in [5, 5.41) is 10.8. The average molecular weight is 468 g/mol. The number of hydroxylamine groups is 1. The molecule has 1 aliphatic rings. The summed E-state index contributed by atoms with van der Waals surface area (Å²) in [7, 11) is 0.0142. The van der Waals surface area contributed by atoms with E-state index in [2.05, 4.69) is 5.32 Å². The van der Waals surface area contributed by atoms with Gasteiger partial charge in [-0.3, -0.25) is 15.3 Å². The lowest BCUT2D eigenvalue weighted by atomic mass is 9.95. The molecule has 0 bridgehead atoms. The molecule has 0 aromatic heterocycles. The van der Waals surface area contributed by atoms with Crippen molar-refractivity contribution in [3.8, 4) is 11.5 Å². The maximum atomic E-state index is 13.5. The predicted octanol–water partition coefficient (Wildman–Crippen LogP) is 3.04. The number of benzene rings is 3. The first kappa shape index (κ1) is 22.8. The molecule has 8 nitrogen and oxygen atoms in total. The van der Waals surface area contributed by atoms with Crippen molar-refractivity contribution in [2.45, 2.75) is 22.7 Å². The zero-order valence-corrected chi connectivity index (χ0v) is 19.0. The molecule has 0 fully saturated rings. The summed E-state index contributed by atoms with van der Waals surface area (Å²) in [4.78, 5) is 14.1. The van der Waals surface area contributed by atoms with Crippen LogP contribution >= 0.6 is 0 Å². The van der Waals surface area contributed by atoms with Crippen LogP contribution in [0.1, 0.15) is 16.5 Å². The van der Waals surface area contributed by atoms with Crippen molar-refractivity contribution in [3.05, 3.63) is 83.9 Å². The molecular formula is C24H25N3O5S. The molecular weight excluding hydrogens is 442 g/mol. The molecule has 0 aliphatic carbocycles. The molecule has 1 heterocycles. The minimum Gasteiger partial charge on any atom is -0.457 e. The van der Waals surface area contributed by atoms with Crippen molar-refractivity contribution in [2.75, 3.05) is 19.0 Å². The molecule has 2 unspecified atom stereocenters. The van der Waals surface area contributed by atoms with Gasteiger partial charge in [0.15, 0.2) is 9.84 Å². The molecule has 2 atom stereocenters. The first-order valence-corrected chi connectivity index (χ1v) is 11.9. The number of nitrogens with one attached hydrogen (secondary N) is 2. The van der Waals surface area contributed by atoms with E-state index >= 15 is 0 Å². The standard InChI is InChI=1S/C24H25N3O5S/c1-27(2)17-7-9-18(10-8-17)32-19-11-13-20(14-12-19)33(30,31)24-21-6-4-3-5-16(21)15-22(25-24)23(28)26-29/h3-14,22,24-25,29H,15H2,1-2H3,(H,26,28). The van der Waals surface area contributed by atoms with E-state index in [-0.39, 0.29) is 11.3 Å². The van der Waals surface area contributed by atoms with E-state index in [0.717, 1.165) is 11.3 Å². The minimum atomic E-state index is -3.89. The topological polar surface area (TPSA) is 108 Å². The fourth-order valence-electron chi connectivity index (χ4n) is 3.81. The Morgan fingerprint density at radius 1 is 1.00 bits per heavy atom. The number of hydrogen-bond donors (Lipinski definition) is 3. The first-order chi connectivity index (χ1) is 15.8. The Bertz CT molecular complexity index is 1240. The Hall–Kier alpha value is -3.40. The molecule has 3 N–H and O–H groups in total. The second-order valence-electron chi connectivity index (χ2n) is 7.99. The van der Waals surface area contributed by atoms with Gasteiger partial charge in [0.05, 0.1) is 10.9 Å². The molecule has 3 aromatic carbocycles. The van der Waals surface area contributed by atoms with Gasteiger partial charge in [0, 0.05) is 19.8 Å². The zero-order chi connectivity index (χ0) is 23.6. The van der Waals surface area contributed by atoms with Crippen molar-refractivity contribution >= 4 is 21.4 Å². The molecule has 0 saturated heterocycles. The van der Waals surface area contributed by atoms with Crippen LogP contribution in [-0.4, -0.2) is 39.7 Å². The van der Waals surface area contributed by atoms with E-state index in [4.69, 9.17) is 9.94 Å². The van der Waals surface area contributed by atoms with Crippen LogP contribution in [0.2, 0.25) is 0 Å². The summed E-state index contributed by atoms with van der Waals surface area (Å²) in [6.45, 7) is 0. The molecule has 0 spiro atoms. The van der Waals surface area contributed by atoms with Crippen LogP contribution in [0.4, 0.5) is 5.69 Å². The quantitative estimate of drug-likeness (QED) is 0.378. The zero-order valence-electron chi connectivity index (χ0n) is 18.2. The monoisotopic (exact) mass is 467 g/mol. The van der Waals surface area contributed by atoms with Gasteiger partial charge in [0.25, 0.3) is 5.91 Å². The third-order valence-electron chi connectivity index (χ3n) is 5.59. The van der Waals surface area contributed by atoms with E-state index in [1.165, 1.54) is 12.1 Å². The molecule has 1 amide bonds. The number of carbonyl (C=O) groups excluding carboxylic acids is 1. The number of anilines is 1. The number of hydrogen-bond acceptors (Lipinski definition) is 7. The van der Waals surface area contributed by atoms with Gasteiger partial charge >= 0.3 is 0 Å². The highest BCUT2D eigenvalue weighted by atomic mass is 32.2. The highest BCUT2D eigenvalue weighted by molar-refractivity contribution is 7.91. The van der Waals surface area contributed by atoms with E-state index in [0.29, 0.717) is 17.1 Å². The normalized spacial score (nSPS) is 17.7. The van der Waals surface area contributed by atoms with Crippen molar-refractivity contribution in [1.82, 2.24) is 10.8 Å². The summed E-state index contributed by atoms with van der Waals surface area (Å²) < 4.78 is 32.8. The van der Waals surface area contributed by atoms with Crippen molar-refractivity contribution in [3.63, 3.8) is 0 Å². The lowest BCUT2D eigenvalue weighted by molar-refractivity contribution is -0.131. The van der Waals surface area contributed by atoms with Crippen LogP contribution in [0.25, 0.3) is 0 Å². The summed E-state index contributed by atoms with van der Waals surface area (Å²) in [5.74, 6) is 0.451. The molecule has 172 valence electrons. The SMILES string of the molecule is CN(C)c1ccc(Oc2ccc(S(=O)(=O)C3NC(C(=O)NO)Cc4ccccc43)cc2)cc1. The van der Waals surface area contributed by atoms with E-state index in [1.54, 1.807) is 41.9 Å². The van der Waals surface area contributed by atoms with Gasteiger partial charge in [-0.25, -0.2) is 13.9 Å². The Morgan fingerprint density at radius 2 is 1.61 bits per heavy atom. The van der Waals surface area contributed by atoms with Crippen LogP contribution in [0.3, 0.4) is 0 Å². The van der Waals surface area contributed by atoms with Crippen molar-refractivity contribution < 1.29 is 23.2 Å². The molecule has 1 aliphatic heterocycles. The van der Waals surface area contributed by atoms with Crippen LogP contribution in [-0.2, 0) is 21.1 Å². The summed E-state index contributed by atoms with van der Waals surface area (Å²) in [6, 6.07) is 19.9. The minimum absolute atomic E-state index is 0.0927. The number of nitrogens with zero attached hydrogens (tertiary/aromatic N) is 1. The van der Waals surface area contributed by atoms with Crippen LogP contribution in [0.5, 0.6) is 11.5 Å². The van der Waals surface area contributed by atoms with Crippen molar-refractivity contribution in [2.24, 2.45) is 0 Å². The van der Waals surface area contributed by atoms with Gasteiger partial charge in [-0.2, -0.15) is 0 Å². The maximum absolute atomic E-state index is 13.5. The Labute approximate surface area is 192 Å². The molecule has 0 radical (unpaired) electrons. The largest absolute Gasteiger partial charge is 0.457 e. The number of carbonyl (C=O) groups is 1. The Balaban J connectivity index is 1.58. The maximum Gasteiger partial charge on any atom is 0.260 e. The molecule has 9 heteroatoms. The fraction of sp³-hybridized carbons (Fsp3) is 0.208. The molecule has 33 heavy (non-hydrogen) atoms. The summed E-state index contributed by atoms with van der Waals surface area (Å²) >= 11 is 0.